The van der Waals surface area contributed by atoms with Crippen molar-refractivity contribution < 1.29 is 27.9 Å². The Hall–Kier alpha value is -4.67. The number of carbonyl (C=O) groups excluding carboxylic acids is 1. The molecule has 0 spiro atoms. The van der Waals surface area contributed by atoms with E-state index in [2.05, 4.69) is 46.6 Å². The van der Waals surface area contributed by atoms with Gasteiger partial charge in [-0.3, -0.25) is 4.79 Å². The van der Waals surface area contributed by atoms with Crippen LogP contribution in [-0.2, 0) is 17.4 Å². The van der Waals surface area contributed by atoms with Crippen molar-refractivity contribution in [3.63, 3.8) is 0 Å². The van der Waals surface area contributed by atoms with E-state index in [1.54, 1.807) is 12.1 Å². The summed E-state index contributed by atoms with van der Waals surface area (Å²) in [5, 5.41) is 16.9. The number of carboxylic acids is 1. The SMILES string of the molecule is C.Cc1cc2c(c(-c3cccc(-n4ncc(C(=O)O)c4C(F)(F)F)n3)c1)C(Nc1ccc(C3CCN(C(=O)C4CC4)CC3)cc1C)CC2. The van der Waals surface area contributed by atoms with Crippen molar-refractivity contribution in [2.24, 2.45) is 5.92 Å². The minimum Gasteiger partial charge on any atom is -0.478 e. The zero-order valence-corrected chi connectivity index (χ0v) is 26.3. The number of anilines is 1. The lowest BCUT2D eigenvalue weighted by Gasteiger charge is -2.32. The molecule has 4 aromatic rings. The van der Waals surface area contributed by atoms with Gasteiger partial charge in [0.1, 0.15) is 5.56 Å². The number of nitrogens with one attached hydrogen (secondary N) is 1. The van der Waals surface area contributed by atoms with E-state index in [1.807, 2.05) is 17.9 Å². The quantitative estimate of drug-likeness (QED) is 0.208. The number of carbonyl (C=O) groups is 2. The molecule has 1 saturated carbocycles. The van der Waals surface area contributed by atoms with Crippen LogP contribution in [0.3, 0.4) is 0 Å². The number of aromatic carboxylic acids is 1. The predicted molar refractivity (Wildman–Crippen MR) is 177 cm³/mol. The zero-order valence-electron chi connectivity index (χ0n) is 26.3. The van der Waals surface area contributed by atoms with Gasteiger partial charge < -0.3 is 15.3 Å². The number of piperidine rings is 1. The van der Waals surface area contributed by atoms with Gasteiger partial charge in [-0.25, -0.2) is 14.5 Å². The van der Waals surface area contributed by atoms with Gasteiger partial charge in [0.2, 0.25) is 5.91 Å². The monoisotopic (exact) mass is 659 g/mol. The van der Waals surface area contributed by atoms with Gasteiger partial charge in [0.25, 0.3) is 0 Å². The Morgan fingerprint density at radius 2 is 1.73 bits per heavy atom. The molecule has 2 aliphatic carbocycles. The molecule has 1 unspecified atom stereocenters. The molecule has 3 heterocycles. The molecule has 1 saturated heterocycles. The number of likely N-dealkylation sites (tertiary alicyclic amines) is 1. The van der Waals surface area contributed by atoms with Crippen LogP contribution < -0.4 is 5.32 Å². The molecular formula is C37H40F3N5O3. The van der Waals surface area contributed by atoms with Crippen LogP contribution in [0.2, 0.25) is 0 Å². The molecule has 48 heavy (non-hydrogen) atoms. The summed E-state index contributed by atoms with van der Waals surface area (Å²) >= 11 is 0. The van der Waals surface area contributed by atoms with E-state index in [4.69, 9.17) is 0 Å². The fraction of sp³-hybridized carbons (Fsp3) is 0.405. The fourth-order valence-electron chi connectivity index (χ4n) is 7.25. The van der Waals surface area contributed by atoms with Crippen molar-refractivity contribution in [2.75, 3.05) is 18.4 Å². The number of hydrogen-bond donors (Lipinski definition) is 2. The molecule has 0 bridgehead atoms. The highest BCUT2D eigenvalue weighted by atomic mass is 19.4. The standard InChI is InChI=1S/C36H36F3N5O3.CH4/c1-20-16-25-9-11-30(41-28-10-8-24(18-21(28)2)22-12-14-43(15-13-22)34(45)23-6-7-23)32(25)26(17-20)29-4-3-5-31(42-29)44-33(36(37,38)39)27(19-40-44)35(46)47;/h3-5,8,10,16-19,22-23,30,41H,6-7,9,11-15H2,1-2H3,(H,46,47);1H4. The summed E-state index contributed by atoms with van der Waals surface area (Å²) in [6.45, 7) is 5.71. The number of carboxylic acid groups (broad SMARTS) is 1. The van der Waals surface area contributed by atoms with Crippen molar-refractivity contribution in [3.05, 3.63) is 93.8 Å². The Morgan fingerprint density at radius 3 is 2.40 bits per heavy atom. The van der Waals surface area contributed by atoms with Crippen LogP contribution in [0.5, 0.6) is 0 Å². The minimum atomic E-state index is -4.94. The van der Waals surface area contributed by atoms with Crippen molar-refractivity contribution >= 4 is 17.6 Å². The topological polar surface area (TPSA) is 100 Å². The second-order valence-corrected chi connectivity index (χ2v) is 13.1. The normalized spacial score (nSPS) is 17.9. The highest BCUT2D eigenvalue weighted by molar-refractivity contribution is 5.89. The Kier molecular flexibility index (Phi) is 8.82. The molecule has 252 valence electrons. The number of aryl methyl sites for hydroxylation is 3. The van der Waals surface area contributed by atoms with Crippen LogP contribution in [0.1, 0.15) is 95.4 Å². The number of halogens is 3. The summed E-state index contributed by atoms with van der Waals surface area (Å²) < 4.78 is 42.4. The van der Waals surface area contributed by atoms with Crippen LogP contribution >= 0.6 is 0 Å². The van der Waals surface area contributed by atoms with Gasteiger partial charge in [0.15, 0.2) is 11.5 Å². The second-order valence-electron chi connectivity index (χ2n) is 13.1. The third-order valence-electron chi connectivity index (χ3n) is 9.74. The maximum Gasteiger partial charge on any atom is 0.434 e. The number of pyridine rings is 1. The number of nitrogens with zero attached hydrogens (tertiary/aromatic N) is 4. The van der Waals surface area contributed by atoms with Gasteiger partial charge in [-0.1, -0.05) is 37.3 Å². The molecular weight excluding hydrogens is 619 g/mol. The molecule has 7 rings (SSSR count). The van der Waals surface area contributed by atoms with Gasteiger partial charge in [0.05, 0.1) is 17.9 Å². The highest BCUT2D eigenvalue weighted by Gasteiger charge is 2.41. The third-order valence-corrected chi connectivity index (χ3v) is 9.74. The summed E-state index contributed by atoms with van der Waals surface area (Å²) in [5.41, 5.74) is 5.67. The first-order chi connectivity index (χ1) is 22.5. The maximum absolute atomic E-state index is 14.0. The molecule has 2 N–H and O–H groups in total. The predicted octanol–water partition coefficient (Wildman–Crippen LogP) is 8.12. The summed E-state index contributed by atoms with van der Waals surface area (Å²) in [6, 6.07) is 15.4. The molecule has 2 fully saturated rings. The number of hydrogen-bond acceptors (Lipinski definition) is 5. The van der Waals surface area contributed by atoms with Crippen molar-refractivity contribution in [1.29, 1.82) is 0 Å². The molecule has 11 heteroatoms. The average Bonchev–Trinajstić information content (AvgIpc) is 3.66. The van der Waals surface area contributed by atoms with Gasteiger partial charge >= 0.3 is 12.1 Å². The first-order valence-corrected chi connectivity index (χ1v) is 16.1. The third kappa shape index (κ3) is 6.30. The highest BCUT2D eigenvalue weighted by Crippen LogP contribution is 2.42. The lowest BCUT2D eigenvalue weighted by Crippen LogP contribution is -2.38. The largest absolute Gasteiger partial charge is 0.478 e. The van der Waals surface area contributed by atoms with E-state index in [-0.39, 0.29) is 25.2 Å². The number of aromatic nitrogens is 3. The van der Waals surface area contributed by atoms with Gasteiger partial charge in [-0.15, -0.1) is 0 Å². The molecule has 1 aliphatic heterocycles. The first-order valence-electron chi connectivity index (χ1n) is 16.1. The summed E-state index contributed by atoms with van der Waals surface area (Å²) in [6.07, 6.45) is 1.45. The van der Waals surface area contributed by atoms with E-state index < -0.39 is 23.4 Å². The van der Waals surface area contributed by atoms with Crippen molar-refractivity contribution in [3.8, 4) is 17.1 Å². The van der Waals surface area contributed by atoms with E-state index in [0.29, 0.717) is 28.4 Å². The van der Waals surface area contributed by atoms with E-state index >= 15 is 0 Å². The van der Waals surface area contributed by atoms with E-state index in [1.165, 1.54) is 11.6 Å². The Morgan fingerprint density at radius 1 is 0.979 bits per heavy atom. The van der Waals surface area contributed by atoms with Gasteiger partial charge in [-0.2, -0.15) is 18.3 Å². The number of alkyl halides is 3. The number of benzene rings is 2. The molecule has 2 aromatic carbocycles. The van der Waals surface area contributed by atoms with E-state index in [9.17, 15) is 27.9 Å². The van der Waals surface area contributed by atoms with Crippen LogP contribution in [0.4, 0.5) is 18.9 Å². The van der Waals surface area contributed by atoms with Crippen molar-refractivity contribution in [2.45, 2.75) is 77.9 Å². The van der Waals surface area contributed by atoms with Crippen LogP contribution in [0.15, 0.2) is 54.7 Å². The lowest BCUT2D eigenvalue weighted by atomic mass is 9.88. The zero-order chi connectivity index (χ0) is 33.0. The molecule has 1 amide bonds. The van der Waals surface area contributed by atoms with Crippen LogP contribution in [-0.4, -0.2) is 49.7 Å². The number of amides is 1. The maximum atomic E-state index is 14.0. The number of rotatable bonds is 7. The molecule has 1 atom stereocenters. The van der Waals surface area contributed by atoms with Crippen LogP contribution in [0.25, 0.3) is 17.1 Å². The van der Waals surface area contributed by atoms with Gasteiger partial charge in [-0.05, 0) is 105 Å². The Bertz CT molecular complexity index is 1870. The molecule has 2 aromatic heterocycles. The minimum absolute atomic E-state index is 0. The Balaban J connectivity index is 0.00000401. The number of fused-ring (bicyclic) bond motifs is 1. The molecule has 3 aliphatic rings. The van der Waals surface area contributed by atoms with E-state index in [0.717, 1.165) is 85.1 Å². The van der Waals surface area contributed by atoms with Crippen LogP contribution in [0, 0.1) is 19.8 Å². The second kappa shape index (κ2) is 12.7. The average molecular weight is 660 g/mol. The summed E-state index contributed by atoms with van der Waals surface area (Å²) in [4.78, 5) is 30.7. The fourth-order valence-corrected chi connectivity index (χ4v) is 7.25. The first kappa shape index (κ1) is 33.2. The molecule has 0 radical (unpaired) electrons. The molecule has 8 nitrogen and oxygen atoms in total. The van der Waals surface area contributed by atoms with Crippen molar-refractivity contribution in [1.82, 2.24) is 19.7 Å². The Labute approximate surface area is 278 Å². The summed E-state index contributed by atoms with van der Waals surface area (Å²) in [7, 11) is 0. The smallest absolute Gasteiger partial charge is 0.434 e. The summed E-state index contributed by atoms with van der Waals surface area (Å²) in [5.74, 6) is -0.819. The van der Waals surface area contributed by atoms with Gasteiger partial charge in [0, 0.05) is 30.3 Å². The lowest BCUT2D eigenvalue weighted by molar-refractivity contribution is -0.143.